The molecular formula is C41H64BN. The van der Waals surface area contributed by atoms with Crippen LogP contribution in [-0.2, 0) is 10.8 Å². The van der Waals surface area contributed by atoms with E-state index in [-0.39, 0.29) is 10.8 Å². The lowest BCUT2D eigenvalue weighted by atomic mass is 9.39. The molecule has 0 N–H and O–H groups in total. The van der Waals surface area contributed by atoms with Gasteiger partial charge in [-0.1, -0.05) is 163 Å². The van der Waals surface area contributed by atoms with E-state index in [2.05, 4.69) is 135 Å². The molecule has 236 valence electrons. The minimum atomic E-state index is 0.113. The van der Waals surface area contributed by atoms with Crippen molar-refractivity contribution in [3.05, 3.63) is 95.1 Å². The topological polar surface area (TPSA) is 3.24 Å². The van der Waals surface area contributed by atoms with Crippen LogP contribution in [0.2, 0.25) is 5.82 Å². The first-order chi connectivity index (χ1) is 20.2. The molecular weight excluding hydrogens is 517 g/mol. The molecule has 4 rings (SSSR count). The van der Waals surface area contributed by atoms with Crippen molar-refractivity contribution in [3.8, 4) is 11.1 Å². The highest BCUT2D eigenvalue weighted by Gasteiger charge is 2.46. The molecule has 0 heterocycles. The first-order valence-corrected chi connectivity index (χ1v) is 17.3. The van der Waals surface area contributed by atoms with Gasteiger partial charge in [-0.25, -0.2) is 0 Å². The second-order valence-corrected chi connectivity index (χ2v) is 14.6. The molecule has 2 aliphatic carbocycles. The third-order valence-electron chi connectivity index (χ3n) is 8.88. The lowest BCUT2D eigenvalue weighted by Gasteiger charge is -2.42. The van der Waals surface area contributed by atoms with Gasteiger partial charge < -0.3 is 4.81 Å². The zero-order chi connectivity index (χ0) is 32.7. The summed E-state index contributed by atoms with van der Waals surface area (Å²) in [5.41, 5.74) is 10.5. The maximum atomic E-state index is 3.93. The van der Waals surface area contributed by atoms with Gasteiger partial charge in [-0.05, 0) is 81.4 Å². The van der Waals surface area contributed by atoms with Crippen LogP contribution in [0.3, 0.4) is 0 Å². The standard InChI is InChI=1S/C37H52BN.2C2H6/c1-12-13-14-15-27-16-19-30(22-27)38(39(25(2)3)26(4)5)35-33-23-28(36(6,7)8)17-20-31(33)32-21-18-29(24-34(32)35)37(9,10)11;2*1-2/h12,16-26,30,35H,1,13-15H2,2-11H3;2*1-2H3. The van der Waals surface area contributed by atoms with Crippen LogP contribution in [0.15, 0.2) is 72.9 Å². The van der Waals surface area contributed by atoms with Crippen molar-refractivity contribution in [2.24, 2.45) is 0 Å². The molecule has 0 radical (unpaired) electrons. The molecule has 0 saturated carbocycles. The largest absolute Gasteiger partial charge is 0.336 e. The minimum Gasteiger partial charge on any atom is -0.336 e. The van der Waals surface area contributed by atoms with E-state index in [1.54, 1.807) is 0 Å². The van der Waals surface area contributed by atoms with Crippen LogP contribution < -0.4 is 0 Å². The summed E-state index contributed by atoms with van der Waals surface area (Å²) in [6.07, 6.45) is 12.9. The summed E-state index contributed by atoms with van der Waals surface area (Å²) in [5, 5.41) is 0. The third kappa shape index (κ3) is 8.45. The Bertz CT molecular complexity index is 1180. The molecule has 0 spiro atoms. The molecule has 2 heteroatoms. The normalized spacial score (nSPS) is 15.9. The number of hydrogen-bond donors (Lipinski definition) is 0. The molecule has 0 bridgehead atoms. The number of rotatable bonds is 9. The van der Waals surface area contributed by atoms with E-state index < -0.39 is 0 Å². The van der Waals surface area contributed by atoms with Crippen LogP contribution in [-0.4, -0.2) is 23.7 Å². The van der Waals surface area contributed by atoms with Gasteiger partial charge in [-0.3, -0.25) is 0 Å². The first kappa shape index (κ1) is 36.9. The molecule has 2 aliphatic rings. The Morgan fingerprint density at radius 1 is 0.791 bits per heavy atom. The molecule has 1 unspecified atom stereocenters. The quantitative estimate of drug-likeness (QED) is 0.162. The van der Waals surface area contributed by atoms with E-state index in [4.69, 9.17) is 0 Å². The minimum absolute atomic E-state index is 0.113. The average molecular weight is 582 g/mol. The number of unbranched alkanes of at least 4 members (excludes halogenated alkanes) is 1. The fraction of sp³-hybridized carbons (Fsp3) is 0.561. The summed E-state index contributed by atoms with van der Waals surface area (Å²) in [7, 11) is 0. The van der Waals surface area contributed by atoms with Crippen molar-refractivity contribution in [1.82, 2.24) is 4.81 Å². The molecule has 2 aromatic carbocycles. The van der Waals surface area contributed by atoms with E-state index in [9.17, 15) is 0 Å². The van der Waals surface area contributed by atoms with Crippen LogP contribution >= 0.6 is 0 Å². The van der Waals surface area contributed by atoms with Gasteiger partial charge in [-0.15, -0.1) is 6.58 Å². The lowest BCUT2D eigenvalue weighted by molar-refractivity contribution is 0.297. The van der Waals surface area contributed by atoms with Crippen molar-refractivity contribution < 1.29 is 0 Å². The lowest BCUT2D eigenvalue weighted by Crippen LogP contribution is -2.53. The summed E-state index contributed by atoms with van der Waals surface area (Å²) in [6, 6.07) is 15.6. The smallest absolute Gasteiger partial charge is 0.247 e. The fourth-order valence-electron chi connectivity index (χ4n) is 6.90. The van der Waals surface area contributed by atoms with E-state index in [1.165, 1.54) is 45.4 Å². The van der Waals surface area contributed by atoms with Gasteiger partial charge in [0, 0.05) is 5.82 Å². The second kappa shape index (κ2) is 15.6. The van der Waals surface area contributed by atoms with E-state index in [0.717, 1.165) is 12.8 Å². The van der Waals surface area contributed by atoms with E-state index in [1.807, 2.05) is 33.8 Å². The van der Waals surface area contributed by atoms with Crippen molar-refractivity contribution in [3.63, 3.8) is 0 Å². The number of nitrogens with zero attached hydrogens (tertiary/aromatic N) is 1. The second-order valence-electron chi connectivity index (χ2n) is 14.6. The molecule has 1 atom stereocenters. The molecule has 0 aliphatic heterocycles. The van der Waals surface area contributed by atoms with Gasteiger partial charge in [0.25, 0.3) is 0 Å². The zero-order valence-electron chi connectivity index (χ0n) is 30.4. The van der Waals surface area contributed by atoms with Crippen molar-refractivity contribution in [2.45, 2.75) is 151 Å². The number of fused-ring (bicyclic) bond motifs is 3. The Balaban J connectivity index is 0.00000155. The van der Waals surface area contributed by atoms with Crippen LogP contribution in [0.1, 0.15) is 144 Å². The van der Waals surface area contributed by atoms with Crippen LogP contribution in [0, 0.1) is 0 Å². The van der Waals surface area contributed by atoms with Gasteiger partial charge >= 0.3 is 0 Å². The highest BCUT2D eigenvalue weighted by Crippen LogP contribution is 2.52. The summed E-state index contributed by atoms with van der Waals surface area (Å²) in [4.78, 5) is 2.80. The van der Waals surface area contributed by atoms with E-state index >= 15 is 0 Å². The third-order valence-corrected chi connectivity index (χ3v) is 8.88. The Morgan fingerprint density at radius 3 is 1.65 bits per heavy atom. The predicted molar refractivity (Wildman–Crippen MR) is 197 cm³/mol. The molecule has 0 amide bonds. The summed E-state index contributed by atoms with van der Waals surface area (Å²) in [6.45, 7) is 35.9. The fourth-order valence-corrected chi connectivity index (χ4v) is 6.90. The first-order valence-electron chi connectivity index (χ1n) is 17.3. The van der Waals surface area contributed by atoms with Crippen molar-refractivity contribution >= 4 is 6.85 Å². The Labute approximate surface area is 268 Å². The monoisotopic (exact) mass is 582 g/mol. The maximum absolute atomic E-state index is 3.93. The van der Waals surface area contributed by atoms with Gasteiger partial charge in [0.05, 0.1) is 0 Å². The van der Waals surface area contributed by atoms with Crippen molar-refractivity contribution in [2.75, 3.05) is 0 Å². The van der Waals surface area contributed by atoms with Gasteiger partial charge in [0.1, 0.15) is 0 Å². The van der Waals surface area contributed by atoms with Crippen LogP contribution in [0.4, 0.5) is 0 Å². The molecule has 1 nitrogen and oxygen atoms in total. The zero-order valence-corrected chi connectivity index (χ0v) is 30.4. The van der Waals surface area contributed by atoms with Gasteiger partial charge in [0.15, 0.2) is 0 Å². The molecule has 0 aromatic heterocycles. The summed E-state index contributed by atoms with van der Waals surface area (Å²) >= 11 is 0. The Kier molecular flexibility index (Phi) is 13.4. The van der Waals surface area contributed by atoms with Gasteiger partial charge in [-0.2, -0.15) is 0 Å². The number of allylic oxidation sites excluding steroid dienone is 5. The van der Waals surface area contributed by atoms with Crippen LogP contribution in [0.25, 0.3) is 11.1 Å². The average Bonchev–Trinajstić information content (AvgIpc) is 3.54. The Morgan fingerprint density at radius 2 is 1.26 bits per heavy atom. The molecule has 2 aromatic rings. The maximum Gasteiger partial charge on any atom is 0.247 e. The highest BCUT2D eigenvalue weighted by molar-refractivity contribution is 6.62. The summed E-state index contributed by atoms with van der Waals surface area (Å²) < 4.78 is 0. The molecule has 0 saturated heterocycles. The van der Waals surface area contributed by atoms with Crippen molar-refractivity contribution in [1.29, 1.82) is 0 Å². The SMILES string of the molecule is C=CCCCC1=CC(B(C2c3cc(C(C)(C)C)ccc3-c3ccc(C(C)(C)C)cc32)N(C(C)C)C(C)C)C=C1.CC.CC. The number of benzene rings is 2. The van der Waals surface area contributed by atoms with Crippen LogP contribution in [0.5, 0.6) is 0 Å². The predicted octanol–water partition coefficient (Wildman–Crippen LogP) is 12.3. The number of hydrogen-bond acceptors (Lipinski definition) is 1. The van der Waals surface area contributed by atoms with E-state index in [0.29, 0.717) is 30.6 Å². The van der Waals surface area contributed by atoms with Gasteiger partial charge in [0.2, 0.25) is 6.85 Å². The Hall–Kier alpha value is -2.32. The highest BCUT2D eigenvalue weighted by atomic mass is 15.1. The molecule has 43 heavy (non-hydrogen) atoms. The molecule has 0 fully saturated rings. The summed E-state index contributed by atoms with van der Waals surface area (Å²) in [5.74, 6) is 0.705.